The molecule has 0 unspecified atom stereocenters. The number of aliphatic hydroxyl groups excluding tert-OH is 1. The third kappa shape index (κ3) is 2.09. The minimum absolute atomic E-state index is 0.324. The molecule has 0 amide bonds. The van der Waals surface area contributed by atoms with Crippen molar-refractivity contribution in [3.8, 4) is 0 Å². The molecule has 94 valence electrons. The number of nitrogens with two attached hydrogens (primary N) is 1. The van der Waals surface area contributed by atoms with Crippen LogP contribution >= 0.6 is 0 Å². The molecule has 2 rings (SSSR count). The van der Waals surface area contributed by atoms with Gasteiger partial charge in [0.25, 0.3) is 0 Å². The Bertz CT molecular complexity index is 260. The fourth-order valence-electron chi connectivity index (χ4n) is 2.16. The van der Waals surface area contributed by atoms with Crippen molar-refractivity contribution >= 4 is 0 Å². The predicted molar refractivity (Wildman–Crippen MR) is 54.6 cm³/mol. The van der Waals surface area contributed by atoms with Gasteiger partial charge in [0, 0.05) is 7.11 Å². The maximum absolute atomic E-state index is 10.0. The molecule has 2 aliphatic rings. The Morgan fingerprint density at radius 3 is 2.69 bits per heavy atom. The first-order valence-electron chi connectivity index (χ1n) is 5.38. The highest BCUT2D eigenvalue weighted by Crippen LogP contribution is 2.37. The van der Waals surface area contributed by atoms with Crippen LogP contribution in [-0.4, -0.2) is 55.3 Å². The summed E-state index contributed by atoms with van der Waals surface area (Å²) < 4.78 is 21.5. The largest absolute Gasteiger partial charge is 0.387 e. The summed E-state index contributed by atoms with van der Waals surface area (Å²) in [4.78, 5) is 0. The maximum atomic E-state index is 10.0. The molecule has 6 heteroatoms. The van der Waals surface area contributed by atoms with E-state index in [9.17, 15) is 5.11 Å². The highest BCUT2D eigenvalue weighted by molar-refractivity contribution is 4.96. The van der Waals surface area contributed by atoms with Crippen molar-refractivity contribution in [2.45, 2.75) is 50.3 Å². The number of hydrogen-bond acceptors (Lipinski definition) is 6. The summed E-state index contributed by atoms with van der Waals surface area (Å²) in [6, 6.07) is -0.388. The van der Waals surface area contributed by atoms with Crippen LogP contribution in [0.25, 0.3) is 0 Å². The molecule has 0 saturated carbocycles. The van der Waals surface area contributed by atoms with Crippen molar-refractivity contribution < 1.29 is 24.1 Å². The number of aliphatic hydroxyl groups is 1. The van der Waals surface area contributed by atoms with E-state index in [1.54, 1.807) is 21.0 Å². The van der Waals surface area contributed by atoms with Crippen LogP contribution in [0, 0.1) is 0 Å². The Labute approximate surface area is 94.6 Å². The molecule has 0 spiro atoms. The van der Waals surface area contributed by atoms with Crippen molar-refractivity contribution in [3.63, 3.8) is 0 Å². The lowest BCUT2D eigenvalue weighted by molar-refractivity contribution is -0.218. The van der Waals surface area contributed by atoms with Crippen molar-refractivity contribution in [1.82, 2.24) is 0 Å². The van der Waals surface area contributed by atoms with Gasteiger partial charge < -0.3 is 29.8 Å². The summed E-state index contributed by atoms with van der Waals surface area (Å²) in [5.74, 6) is -0.716. The predicted octanol–water partition coefficient (Wildman–Crippen LogP) is -0.803. The molecule has 0 aromatic carbocycles. The van der Waals surface area contributed by atoms with Gasteiger partial charge in [-0.2, -0.15) is 0 Å². The van der Waals surface area contributed by atoms with Gasteiger partial charge in [0.2, 0.25) is 0 Å². The van der Waals surface area contributed by atoms with Crippen LogP contribution in [0.4, 0.5) is 0 Å². The fraction of sp³-hybridized carbons (Fsp3) is 1.00. The van der Waals surface area contributed by atoms with Gasteiger partial charge in [0.05, 0.1) is 12.6 Å². The maximum Gasteiger partial charge on any atom is 0.190 e. The third-order valence-electron chi connectivity index (χ3n) is 2.83. The number of hydrogen-bond donors (Lipinski definition) is 2. The molecule has 2 fully saturated rings. The molecule has 0 aromatic heterocycles. The van der Waals surface area contributed by atoms with Gasteiger partial charge >= 0.3 is 0 Å². The second kappa shape index (κ2) is 4.21. The molecule has 2 heterocycles. The van der Waals surface area contributed by atoms with E-state index in [1.165, 1.54) is 0 Å². The average molecular weight is 233 g/mol. The molecule has 0 radical (unpaired) electrons. The second-order valence-electron chi connectivity index (χ2n) is 4.68. The molecule has 2 aliphatic heterocycles. The van der Waals surface area contributed by atoms with E-state index in [0.29, 0.717) is 6.61 Å². The van der Waals surface area contributed by atoms with Gasteiger partial charge in [-0.05, 0) is 13.8 Å². The quantitative estimate of drug-likeness (QED) is 0.664. The van der Waals surface area contributed by atoms with Crippen LogP contribution in [0.5, 0.6) is 0 Å². The summed E-state index contributed by atoms with van der Waals surface area (Å²) in [6.07, 6.45) is -2.30. The lowest BCUT2D eigenvalue weighted by Crippen LogP contribution is -2.47. The molecule has 3 N–H and O–H groups in total. The Hall–Kier alpha value is -0.240. The normalized spacial score (nSPS) is 43.3. The van der Waals surface area contributed by atoms with Crippen LogP contribution in [0.1, 0.15) is 13.8 Å². The monoisotopic (exact) mass is 233 g/mol. The molecule has 5 atom stereocenters. The second-order valence-corrected chi connectivity index (χ2v) is 4.68. The highest BCUT2D eigenvalue weighted by atomic mass is 16.8. The van der Waals surface area contributed by atoms with E-state index in [1.807, 2.05) is 0 Å². The minimum atomic E-state index is -0.781. The molecule has 0 bridgehead atoms. The SMILES string of the molecule is COC[C@@H](N)[C@H]1O[C@@H]2OC(C)(C)O[C@@H]2[C@H]1O. The van der Waals surface area contributed by atoms with Crippen molar-refractivity contribution in [1.29, 1.82) is 0 Å². The van der Waals surface area contributed by atoms with Crippen molar-refractivity contribution in [3.05, 3.63) is 0 Å². The Morgan fingerprint density at radius 1 is 1.44 bits per heavy atom. The summed E-state index contributed by atoms with van der Waals surface area (Å²) in [5, 5.41) is 10.0. The zero-order chi connectivity index (χ0) is 11.9. The van der Waals surface area contributed by atoms with E-state index in [-0.39, 0.29) is 6.04 Å². The first-order chi connectivity index (χ1) is 7.44. The van der Waals surface area contributed by atoms with Crippen LogP contribution in [0.3, 0.4) is 0 Å². The zero-order valence-electron chi connectivity index (χ0n) is 9.75. The van der Waals surface area contributed by atoms with E-state index in [4.69, 9.17) is 24.7 Å². The third-order valence-corrected chi connectivity index (χ3v) is 2.83. The van der Waals surface area contributed by atoms with Gasteiger partial charge in [-0.3, -0.25) is 0 Å². The van der Waals surface area contributed by atoms with Crippen molar-refractivity contribution in [2.24, 2.45) is 5.73 Å². The topological polar surface area (TPSA) is 83.2 Å². The van der Waals surface area contributed by atoms with Crippen LogP contribution in [-0.2, 0) is 18.9 Å². The van der Waals surface area contributed by atoms with E-state index in [2.05, 4.69) is 0 Å². The Kier molecular flexibility index (Phi) is 3.22. The molecule has 16 heavy (non-hydrogen) atoms. The average Bonchev–Trinajstić information content (AvgIpc) is 2.62. The number of rotatable bonds is 3. The number of ether oxygens (including phenoxy) is 4. The lowest BCUT2D eigenvalue weighted by atomic mass is 10.1. The summed E-state index contributed by atoms with van der Waals surface area (Å²) >= 11 is 0. The van der Waals surface area contributed by atoms with Crippen LogP contribution in [0.2, 0.25) is 0 Å². The summed E-state index contributed by atoms with van der Waals surface area (Å²) in [7, 11) is 1.55. The van der Waals surface area contributed by atoms with E-state index < -0.39 is 30.4 Å². The lowest BCUT2D eigenvalue weighted by Gasteiger charge is -2.26. The first kappa shape index (κ1) is 12.2. The van der Waals surface area contributed by atoms with Crippen LogP contribution < -0.4 is 5.73 Å². The van der Waals surface area contributed by atoms with E-state index >= 15 is 0 Å². The van der Waals surface area contributed by atoms with Crippen LogP contribution in [0.15, 0.2) is 0 Å². The zero-order valence-corrected chi connectivity index (χ0v) is 9.75. The minimum Gasteiger partial charge on any atom is -0.387 e. The summed E-state index contributed by atoms with van der Waals surface area (Å²) in [5.41, 5.74) is 5.83. The summed E-state index contributed by atoms with van der Waals surface area (Å²) in [6.45, 7) is 3.89. The molecular formula is C10H19NO5. The molecule has 0 aromatic rings. The standard InChI is InChI=1S/C10H19NO5/c1-10(2)15-8-6(12)7(5(11)4-13-3)14-9(8)16-10/h5-9,12H,4,11H2,1-3H3/t5-,6+,7-,8-,9-/m1/s1. The van der Waals surface area contributed by atoms with Gasteiger partial charge in [-0.15, -0.1) is 0 Å². The molecular weight excluding hydrogens is 214 g/mol. The van der Waals surface area contributed by atoms with E-state index in [0.717, 1.165) is 0 Å². The first-order valence-corrected chi connectivity index (χ1v) is 5.38. The number of methoxy groups -OCH3 is 1. The van der Waals surface area contributed by atoms with Gasteiger partial charge in [0.15, 0.2) is 12.1 Å². The van der Waals surface area contributed by atoms with Gasteiger partial charge in [-0.25, -0.2) is 0 Å². The molecule has 6 nitrogen and oxygen atoms in total. The molecule has 0 aliphatic carbocycles. The Morgan fingerprint density at radius 2 is 2.12 bits per heavy atom. The van der Waals surface area contributed by atoms with Crippen molar-refractivity contribution in [2.75, 3.05) is 13.7 Å². The highest BCUT2D eigenvalue weighted by Gasteiger charge is 2.55. The molecule has 2 saturated heterocycles. The smallest absolute Gasteiger partial charge is 0.190 e. The van der Waals surface area contributed by atoms with Gasteiger partial charge in [0.1, 0.15) is 18.3 Å². The van der Waals surface area contributed by atoms with Gasteiger partial charge in [-0.1, -0.05) is 0 Å². The fourth-order valence-corrected chi connectivity index (χ4v) is 2.16. The Balaban J connectivity index is 1.99. The number of fused-ring (bicyclic) bond motifs is 1.